The number of imide groups is 2. The van der Waals surface area contributed by atoms with E-state index in [0.717, 1.165) is 17.1 Å². The molecule has 2 aliphatic heterocycles. The van der Waals surface area contributed by atoms with Crippen molar-refractivity contribution in [3.8, 4) is 0 Å². The summed E-state index contributed by atoms with van der Waals surface area (Å²) in [5.41, 5.74) is -0.0176. The zero-order valence-electron chi connectivity index (χ0n) is 24.8. The second-order valence-corrected chi connectivity index (χ2v) is 11.4. The average molecular weight is 629 g/mol. The van der Waals surface area contributed by atoms with E-state index in [1.54, 1.807) is 0 Å². The molecule has 0 bridgehead atoms. The number of amides is 6. The van der Waals surface area contributed by atoms with Gasteiger partial charge in [0.2, 0.25) is 5.91 Å². The van der Waals surface area contributed by atoms with Crippen molar-refractivity contribution < 1.29 is 43.2 Å². The molecule has 6 amide bonds. The number of Topliss-reactive ketones (excluding diaryl/α,β-unsaturated/α-hetero) is 1. The molecule has 0 spiro atoms. The van der Waals surface area contributed by atoms with Crippen molar-refractivity contribution in [1.29, 1.82) is 0 Å². The standard InChI is InChI=1S/C30H36N4O9S/c1-4-18(2)21(29(41)31-13-14-33-24(36)8-9-25(33)37)17-23(35)22(12-15-44-3)32-28(40)19-6-5-7-20(16-19)30(42)43-34-26(38)10-11-27(34)39/h5-9,16,18,21-22H,4,10-15,17H2,1-3H3,(H,31,41)(H,32,40)/t18-,21-,22-/m0/s1. The molecule has 0 radical (unpaired) electrons. The van der Waals surface area contributed by atoms with Crippen LogP contribution in [0.5, 0.6) is 0 Å². The van der Waals surface area contributed by atoms with Gasteiger partial charge in [0.1, 0.15) is 0 Å². The van der Waals surface area contributed by atoms with Crippen molar-refractivity contribution in [1.82, 2.24) is 20.6 Å². The Morgan fingerprint density at radius 2 is 1.64 bits per heavy atom. The van der Waals surface area contributed by atoms with Crippen LogP contribution in [0.1, 0.15) is 66.7 Å². The Morgan fingerprint density at radius 1 is 1.00 bits per heavy atom. The minimum atomic E-state index is -0.990. The van der Waals surface area contributed by atoms with Crippen LogP contribution in [0, 0.1) is 11.8 Å². The fraction of sp³-hybridized carbons (Fsp3) is 0.467. The summed E-state index contributed by atoms with van der Waals surface area (Å²) in [6.07, 6.45) is 4.83. The van der Waals surface area contributed by atoms with E-state index >= 15 is 0 Å². The Balaban J connectivity index is 1.66. The molecular weight excluding hydrogens is 592 g/mol. The first kappa shape index (κ1) is 34.2. The lowest BCUT2D eigenvalue weighted by Gasteiger charge is -2.25. The second-order valence-electron chi connectivity index (χ2n) is 10.5. The highest BCUT2D eigenvalue weighted by molar-refractivity contribution is 7.98. The topological polar surface area (TPSA) is 176 Å². The Kier molecular flexibility index (Phi) is 12.4. The molecule has 2 heterocycles. The van der Waals surface area contributed by atoms with Gasteiger partial charge in [-0.2, -0.15) is 11.8 Å². The maximum Gasteiger partial charge on any atom is 0.363 e. The molecule has 1 aromatic carbocycles. The maximum absolute atomic E-state index is 13.5. The molecule has 3 atom stereocenters. The first-order valence-corrected chi connectivity index (χ1v) is 15.7. The predicted octanol–water partition coefficient (Wildman–Crippen LogP) is 1.42. The fourth-order valence-electron chi connectivity index (χ4n) is 4.64. The molecule has 44 heavy (non-hydrogen) atoms. The molecule has 0 aromatic heterocycles. The van der Waals surface area contributed by atoms with Gasteiger partial charge < -0.3 is 15.5 Å². The summed E-state index contributed by atoms with van der Waals surface area (Å²) in [5.74, 6) is -4.87. The van der Waals surface area contributed by atoms with E-state index in [-0.39, 0.29) is 55.2 Å². The quantitative estimate of drug-likeness (QED) is 0.255. The van der Waals surface area contributed by atoms with Gasteiger partial charge in [0.15, 0.2) is 5.78 Å². The highest BCUT2D eigenvalue weighted by Crippen LogP contribution is 2.22. The number of nitrogens with zero attached hydrogens (tertiary/aromatic N) is 2. The molecule has 0 aliphatic carbocycles. The number of rotatable bonds is 16. The largest absolute Gasteiger partial charge is 0.363 e. The van der Waals surface area contributed by atoms with Crippen molar-refractivity contribution in [2.75, 3.05) is 25.1 Å². The van der Waals surface area contributed by atoms with Crippen molar-refractivity contribution in [3.63, 3.8) is 0 Å². The Labute approximate surface area is 259 Å². The lowest BCUT2D eigenvalue weighted by atomic mass is 9.85. The van der Waals surface area contributed by atoms with Crippen LogP contribution in [0.3, 0.4) is 0 Å². The van der Waals surface area contributed by atoms with E-state index in [2.05, 4.69) is 10.6 Å². The molecule has 13 nitrogen and oxygen atoms in total. The molecule has 2 aliphatic rings. The number of carbonyl (C=O) groups is 8. The summed E-state index contributed by atoms with van der Waals surface area (Å²) >= 11 is 1.48. The lowest BCUT2D eigenvalue weighted by Crippen LogP contribution is -2.45. The van der Waals surface area contributed by atoms with Crippen LogP contribution in [0.4, 0.5) is 0 Å². The number of hydroxylamine groups is 2. The van der Waals surface area contributed by atoms with Crippen molar-refractivity contribution in [2.45, 2.75) is 52.0 Å². The summed E-state index contributed by atoms with van der Waals surface area (Å²) in [6.45, 7) is 3.77. The summed E-state index contributed by atoms with van der Waals surface area (Å²) < 4.78 is 0. The molecule has 236 valence electrons. The minimum Gasteiger partial charge on any atom is -0.354 e. The van der Waals surface area contributed by atoms with E-state index < -0.39 is 53.4 Å². The smallest absolute Gasteiger partial charge is 0.354 e. The predicted molar refractivity (Wildman–Crippen MR) is 159 cm³/mol. The normalized spacial score (nSPS) is 16.6. The van der Waals surface area contributed by atoms with E-state index in [4.69, 9.17) is 4.84 Å². The SMILES string of the molecule is CC[C@H](C)[C@H](CC(=O)[C@H](CCSC)NC(=O)c1cccc(C(=O)ON2C(=O)CCC2=O)c1)C(=O)NCCN1C(=O)C=CC1=O. The third-order valence-corrected chi connectivity index (χ3v) is 8.11. The van der Waals surface area contributed by atoms with Gasteiger partial charge in [-0.05, 0) is 42.5 Å². The van der Waals surface area contributed by atoms with Gasteiger partial charge in [0.05, 0.1) is 11.6 Å². The second kappa shape index (κ2) is 15.9. The number of hydrogen-bond acceptors (Lipinski definition) is 10. The average Bonchev–Trinajstić information content (AvgIpc) is 3.51. The zero-order chi connectivity index (χ0) is 32.4. The number of thioether (sulfide) groups is 1. The Bertz CT molecular complexity index is 1330. The summed E-state index contributed by atoms with van der Waals surface area (Å²) in [4.78, 5) is 105. The number of ketones is 1. The lowest BCUT2D eigenvalue weighted by molar-refractivity contribution is -0.172. The van der Waals surface area contributed by atoms with Crippen LogP contribution < -0.4 is 10.6 Å². The molecule has 3 rings (SSSR count). The van der Waals surface area contributed by atoms with Crippen molar-refractivity contribution >= 4 is 59.0 Å². The number of nitrogens with one attached hydrogen (secondary N) is 2. The van der Waals surface area contributed by atoms with Crippen LogP contribution in [-0.4, -0.2) is 88.3 Å². The van der Waals surface area contributed by atoms with Crippen LogP contribution in [-0.2, 0) is 33.6 Å². The monoisotopic (exact) mass is 628 g/mol. The molecule has 14 heteroatoms. The van der Waals surface area contributed by atoms with E-state index in [9.17, 15) is 38.4 Å². The summed E-state index contributed by atoms with van der Waals surface area (Å²) in [6, 6.07) is 4.55. The van der Waals surface area contributed by atoms with E-state index in [0.29, 0.717) is 23.7 Å². The molecule has 1 saturated heterocycles. The highest BCUT2D eigenvalue weighted by atomic mass is 32.2. The van der Waals surface area contributed by atoms with E-state index in [1.165, 1.54) is 36.0 Å². The first-order chi connectivity index (χ1) is 21.0. The number of hydrogen-bond donors (Lipinski definition) is 2. The molecule has 1 fully saturated rings. The minimum absolute atomic E-state index is 0.00123. The third-order valence-electron chi connectivity index (χ3n) is 7.47. The number of benzene rings is 1. The maximum atomic E-state index is 13.5. The van der Waals surface area contributed by atoms with Gasteiger partial charge in [0.25, 0.3) is 29.5 Å². The van der Waals surface area contributed by atoms with Gasteiger partial charge in [-0.15, -0.1) is 5.06 Å². The van der Waals surface area contributed by atoms with Gasteiger partial charge in [-0.3, -0.25) is 38.5 Å². The Hall–Kier alpha value is -4.33. The van der Waals surface area contributed by atoms with Gasteiger partial charge in [-0.25, -0.2) is 4.79 Å². The molecular formula is C30H36N4O9S. The summed E-state index contributed by atoms with van der Waals surface area (Å²) in [5, 5.41) is 5.86. The molecule has 0 unspecified atom stereocenters. The van der Waals surface area contributed by atoms with Gasteiger partial charge in [0, 0.05) is 56.0 Å². The van der Waals surface area contributed by atoms with Gasteiger partial charge in [-0.1, -0.05) is 26.3 Å². The van der Waals surface area contributed by atoms with Crippen molar-refractivity contribution in [2.24, 2.45) is 11.8 Å². The first-order valence-electron chi connectivity index (χ1n) is 14.3. The molecule has 0 saturated carbocycles. The number of carbonyl (C=O) groups excluding carboxylic acids is 8. The van der Waals surface area contributed by atoms with Crippen LogP contribution in [0.2, 0.25) is 0 Å². The highest BCUT2D eigenvalue weighted by Gasteiger charge is 2.34. The summed E-state index contributed by atoms with van der Waals surface area (Å²) in [7, 11) is 0. The van der Waals surface area contributed by atoms with Crippen LogP contribution >= 0.6 is 11.8 Å². The zero-order valence-corrected chi connectivity index (χ0v) is 25.6. The Morgan fingerprint density at radius 3 is 2.25 bits per heavy atom. The van der Waals surface area contributed by atoms with Crippen LogP contribution in [0.15, 0.2) is 36.4 Å². The third kappa shape index (κ3) is 8.85. The molecule has 2 N–H and O–H groups in total. The van der Waals surface area contributed by atoms with Crippen LogP contribution in [0.25, 0.3) is 0 Å². The van der Waals surface area contributed by atoms with Gasteiger partial charge >= 0.3 is 5.97 Å². The van der Waals surface area contributed by atoms with Crippen molar-refractivity contribution in [3.05, 3.63) is 47.5 Å². The molecule has 1 aromatic rings. The van der Waals surface area contributed by atoms with E-state index in [1.807, 2.05) is 20.1 Å². The fourth-order valence-corrected chi connectivity index (χ4v) is 5.11.